The molecule has 0 aromatic rings. The van der Waals surface area contributed by atoms with Gasteiger partial charge in [-0.15, -0.1) is 0 Å². The van der Waals surface area contributed by atoms with Crippen LogP contribution in [0.4, 0.5) is 0 Å². The number of rotatable bonds is 2. The van der Waals surface area contributed by atoms with E-state index in [2.05, 4.69) is 6.92 Å². The van der Waals surface area contributed by atoms with Gasteiger partial charge < -0.3 is 4.74 Å². The first-order valence-electron chi connectivity index (χ1n) is 5.49. The van der Waals surface area contributed by atoms with Gasteiger partial charge in [0, 0.05) is 0 Å². The van der Waals surface area contributed by atoms with Crippen LogP contribution >= 0.6 is 0 Å². The Labute approximate surface area is 79.7 Å². The van der Waals surface area contributed by atoms with E-state index in [4.69, 9.17) is 4.74 Å². The van der Waals surface area contributed by atoms with Crippen molar-refractivity contribution in [1.82, 2.24) is 0 Å². The van der Waals surface area contributed by atoms with Crippen molar-refractivity contribution < 1.29 is 9.53 Å². The van der Waals surface area contributed by atoms with Crippen LogP contribution in [-0.4, -0.2) is 12.1 Å². The third-order valence-corrected chi connectivity index (χ3v) is 3.65. The first kappa shape index (κ1) is 9.04. The van der Waals surface area contributed by atoms with Gasteiger partial charge in [0.2, 0.25) is 0 Å². The minimum atomic E-state index is 0.00242. The van der Waals surface area contributed by atoms with Crippen molar-refractivity contribution in [2.45, 2.75) is 51.6 Å². The number of cyclic esters (lactones) is 1. The molecular weight excluding hydrogens is 164 g/mol. The van der Waals surface area contributed by atoms with E-state index in [0.717, 1.165) is 5.92 Å². The summed E-state index contributed by atoms with van der Waals surface area (Å²) in [5, 5.41) is 0. The predicted molar refractivity (Wildman–Crippen MR) is 50.2 cm³/mol. The topological polar surface area (TPSA) is 26.3 Å². The third kappa shape index (κ3) is 1.87. The Hall–Kier alpha value is -0.530. The average molecular weight is 182 g/mol. The lowest BCUT2D eigenvalue weighted by atomic mass is 9.77. The van der Waals surface area contributed by atoms with Crippen LogP contribution < -0.4 is 0 Å². The number of hydrogen-bond acceptors (Lipinski definition) is 2. The molecule has 1 saturated heterocycles. The quantitative estimate of drug-likeness (QED) is 0.613. The smallest absolute Gasteiger partial charge is 0.309 e. The minimum Gasteiger partial charge on any atom is -0.461 e. The number of hydrogen-bond donors (Lipinski definition) is 0. The maximum absolute atomic E-state index is 10.7. The van der Waals surface area contributed by atoms with Gasteiger partial charge in [-0.3, -0.25) is 4.79 Å². The van der Waals surface area contributed by atoms with Crippen LogP contribution in [0.3, 0.4) is 0 Å². The molecule has 1 aliphatic carbocycles. The second-order valence-electron chi connectivity index (χ2n) is 4.42. The molecule has 1 unspecified atom stereocenters. The van der Waals surface area contributed by atoms with Crippen LogP contribution in [0.5, 0.6) is 0 Å². The molecule has 1 heterocycles. The van der Waals surface area contributed by atoms with Crippen LogP contribution in [-0.2, 0) is 9.53 Å². The summed E-state index contributed by atoms with van der Waals surface area (Å²) in [6.45, 7) is 2.27. The van der Waals surface area contributed by atoms with Crippen molar-refractivity contribution in [3.8, 4) is 0 Å². The summed E-state index contributed by atoms with van der Waals surface area (Å²) in [6.07, 6.45) is 7.51. The minimum absolute atomic E-state index is 0.00242. The molecule has 0 aromatic heterocycles. The Morgan fingerprint density at radius 3 is 2.38 bits per heavy atom. The Morgan fingerprint density at radius 2 is 1.92 bits per heavy atom. The maximum Gasteiger partial charge on any atom is 0.309 e. The van der Waals surface area contributed by atoms with Crippen molar-refractivity contribution in [3.05, 3.63) is 0 Å². The van der Waals surface area contributed by atoms with E-state index < -0.39 is 0 Å². The molecule has 2 rings (SSSR count). The lowest BCUT2D eigenvalue weighted by Crippen LogP contribution is -2.40. The van der Waals surface area contributed by atoms with Gasteiger partial charge in [0.05, 0.1) is 6.42 Å². The molecule has 13 heavy (non-hydrogen) atoms. The largest absolute Gasteiger partial charge is 0.461 e. The predicted octanol–water partition coefficient (Wildman–Crippen LogP) is 2.52. The van der Waals surface area contributed by atoms with Crippen LogP contribution in [0.2, 0.25) is 0 Å². The van der Waals surface area contributed by atoms with Gasteiger partial charge in [0.1, 0.15) is 6.10 Å². The molecule has 0 N–H and O–H groups in total. The number of carbonyl (C=O) groups is 1. The fourth-order valence-corrected chi connectivity index (χ4v) is 2.55. The molecule has 0 spiro atoms. The summed E-state index contributed by atoms with van der Waals surface area (Å²) < 4.78 is 5.11. The van der Waals surface area contributed by atoms with Crippen LogP contribution in [0.1, 0.15) is 45.4 Å². The van der Waals surface area contributed by atoms with Gasteiger partial charge in [0.15, 0.2) is 0 Å². The molecule has 2 aliphatic rings. The van der Waals surface area contributed by atoms with Gasteiger partial charge in [0.25, 0.3) is 0 Å². The standard InChI is InChI=1S/C11H18O2/c1-2-8-3-5-9(6-4-8)10-7-11(12)13-10/h8-10H,2-7H2,1H3. The second kappa shape index (κ2) is 3.69. The molecule has 0 aromatic carbocycles. The fraction of sp³-hybridized carbons (Fsp3) is 0.909. The Bertz CT molecular complexity index is 184. The highest BCUT2D eigenvalue weighted by molar-refractivity contribution is 5.75. The summed E-state index contributed by atoms with van der Waals surface area (Å²) in [5.41, 5.74) is 0. The molecule has 1 saturated carbocycles. The molecule has 0 radical (unpaired) electrons. The summed E-state index contributed by atoms with van der Waals surface area (Å²) in [6, 6.07) is 0. The molecule has 0 bridgehead atoms. The lowest BCUT2D eigenvalue weighted by molar-refractivity contribution is -0.176. The Morgan fingerprint density at radius 1 is 1.31 bits per heavy atom. The van der Waals surface area contributed by atoms with E-state index in [0.29, 0.717) is 12.3 Å². The Kier molecular flexibility index (Phi) is 2.56. The molecule has 0 amide bonds. The zero-order valence-corrected chi connectivity index (χ0v) is 8.29. The molecule has 74 valence electrons. The molecule has 2 heteroatoms. The van der Waals surface area contributed by atoms with E-state index in [1.165, 1.54) is 32.1 Å². The molecule has 1 atom stereocenters. The highest BCUT2D eigenvalue weighted by Crippen LogP contribution is 2.36. The van der Waals surface area contributed by atoms with Gasteiger partial charge in [-0.05, 0) is 24.7 Å². The highest BCUT2D eigenvalue weighted by Gasteiger charge is 2.37. The maximum atomic E-state index is 10.7. The zero-order valence-electron chi connectivity index (χ0n) is 8.29. The van der Waals surface area contributed by atoms with Gasteiger partial charge in [-0.25, -0.2) is 0 Å². The van der Waals surface area contributed by atoms with Crippen molar-refractivity contribution >= 4 is 5.97 Å². The van der Waals surface area contributed by atoms with E-state index in [9.17, 15) is 4.79 Å². The van der Waals surface area contributed by atoms with E-state index in [1.54, 1.807) is 0 Å². The second-order valence-corrected chi connectivity index (χ2v) is 4.42. The summed E-state index contributed by atoms with van der Waals surface area (Å²) in [7, 11) is 0. The average Bonchev–Trinajstić information content (AvgIpc) is 2.13. The van der Waals surface area contributed by atoms with Gasteiger partial charge in [-0.1, -0.05) is 26.2 Å². The van der Waals surface area contributed by atoms with Gasteiger partial charge in [-0.2, -0.15) is 0 Å². The van der Waals surface area contributed by atoms with E-state index in [1.807, 2.05) is 0 Å². The first-order valence-corrected chi connectivity index (χ1v) is 5.49. The molecule has 2 fully saturated rings. The van der Waals surface area contributed by atoms with Crippen LogP contribution in [0.15, 0.2) is 0 Å². The summed E-state index contributed by atoms with van der Waals surface area (Å²) in [4.78, 5) is 10.7. The van der Waals surface area contributed by atoms with Crippen LogP contribution in [0, 0.1) is 11.8 Å². The Balaban J connectivity index is 1.75. The number of ether oxygens (including phenoxy) is 1. The van der Waals surface area contributed by atoms with Crippen molar-refractivity contribution in [1.29, 1.82) is 0 Å². The van der Waals surface area contributed by atoms with Crippen molar-refractivity contribution in [3.63, 3.8) is 0 Å². The third-order valence-electron chi connectivity index (χ3n) is 3.65. The monoisotopic (exact) mass is 182 g/mol. The van der Waals surface area contributed by atoms with Crippen LogP contribution in [0.25, 0.3) is 0 Å². The SMILES string of the molecule is CCC1CCC(C2CC(=O)O2)CC1. The molecule has 1 aliphatic heterocycles. The van der Waals surface area contributed by atoms with Crippen molar-refractivity contribution in [2.24, 2.45) is 11.8 Å². The fourth-order valence-electron chi connectivity index (χ4n) is 2.55. The normalized spacial score (nSPS) is 39.5. The first-order chi connectivity index (χ1) is 6.29. The van der Waals surface area contributed by atoms with Crippen molar-refractivity contribution in [2.75, 3.05) is 0 Å². The summed E-state index contributed by atoms with van der Waals surface area (Å²) in [5.74, 6) is 1.62. The summed E-state index contributed by atoms with van der Waals surface area (Å²) >= 11 is 0. The number of carbonyl (C=O) groups excluding carboxylic acids is 1. The van der Waals surface area contributed by atoms with E-state index >= 15 is 0 Å². The number of esters is 1. The lowest BCUT2D eigenvalue weighted by Gasteiger charge is -2.37. The zero-order chi connectivity index (χ0) is 9.26. The molecule has 2 nitrogen and oxygen atoms in total. The van der Waals surface area contributed by atoms with E-state index in [-0.39, 0.29) is 12.1 Å². The van der Waals surface area contributed by atoms with Gasteiger partial charge >= 0.3 is 5.97 Å². The highest BCUT2D eigenvalue weighted by atomic mass is 16.6. The molecular formula is C11H18O2.